The largest absolute Gasteiger partial charge is 0.494 e. The fraction of sp³-hybridized carbons (Fsp3) is 0.433. The minimum Gasteiger partial charge on any atom is -0.494 e. The summed E-state index contributed by atoms with van der Waals surface area (Å²) in [7, 11) is 5.37. The van der Waals surface area contributed by atoms with Crippen molar-refractivity contribution in [3.63, 3.8) is 0 Å². The van der Waals surface area contributed by atoms with Gasteiger partial charge < -0.3 is 9.64 Å². The summed E-state index contributed by atoms with van der Waals surface area (Å²) in [5, 5.41) is 0.504. The van der Waals surface area contributed by atoms with E-state index < -0.39 is 40.9 Å². The number of nitrogens with zero attached hydrogens (tertiary/aromatic N) is 3. The summed E-state index contributed by atoms with van der Waals surface area (Å²) in [5.41, 5.74) is -1.23. The molecule has 5 rings (SSSR count). The van der Waals surface area contributed by atoms with Crippen LogP contribution in [0.4, 0.5) is 22.0 Å². The lowest BCUT2D eigenvalue weighted by molar-refractivity contribution is -0.138. The first-order valence-corrected chi connectivity index (χ1v) is 14.4. The van der Waals surface area contributed by atoms with Crippen molar-refractivity contribution in [3.8, 4) is 16.9 Å². The van der Waals surface area contributed by atoms with Gasteiger partial charge in [-0.15, -0.1) is 11.8 Å². The molecule has 0 N–H and O–H groups in total. The molecular formula is C30H32F5N3O2S. The Hall–Kier alpha value is -2.89. The van der Waals surface area contributed by atoms with Gasteiger partial charge in [-0.05, 0) is 63.3 Å². The predicted octanol–water partition coefficient (Wildman–Crippen LogP) is 6.00. The Bertz CT molecular complexity index is 1520. The third-order valence-corrected chi connectivity index (χ3v) is 9.46. The molecule has 3 aromatic rings. The number of aromatic nitrogens is 1. The Labute approximate surface area is 239 Å². The summed E-state index contributed by atoms with van der Waals surface area (Å²) >= 11 is 1.38. The van der Waals surface area contributed by atoms with E-state index >= 15 is 8.78 Å². The van der Waals surface area contributed by atoms with Gasteiger partial charge in [-0.2, -0.15) is 13.2 Å². The number of alkyl halides is 3. The van der Waals surface area contributed by atoms with Gasteiger partial charge in [0.05, 0.1) is 29.3 Å². The lowest BCUT2D eigenvalue weighted by Gasteiger charge is -2.25. The van der Waals surface area contributed by atoms with E-state index in [1.807, 2.05) is 14.1 Å². The van der Waals surface area contributed by atoms with E-state index in [-0.39, 0.29) is 22.9 Å². The highest BCUT2D eigenvalue weighted by molar-refractivity contribution is 7.99. The molecule has 2 atom stereocenters. The molecule has 1 saturated heterocycles. The minimum atomic E-state index is -4.77. The number of fused-ring (bicyclic) bond motifs is 1. The number of benzene rings is 2. The summed E-state index contributed by atoms with van der Waals surface area (Å²) in [5.74, 6) is -1.25. The number of likely N-dealkylation sites (N-methyl/N-ethyl adjacent to an activating group) is 1. The number of rotatable bonds is 7. The van der Waals surface area contributed by atoms with E-state index in [9.17, 15) is 18.0 Å². The Morgan fingerprint density at radius 3 is 2.49 bits per heavy atom. The second-order valence-corrected chi connectivity index (χ2v) is 11.9. The van der Waals surface area contributed by atoms with Crippen LogP contribution in [-0.2, 0) is 12.6 Å². The summed E-state index contributed by atoms with van der Waals surface area (Å²) in [6.45, 7) is 3.85. The molecule has 0 saturated carbocycles. The number of hydrogen-bond donors (Lipinski definition) is 0. The zero-order valence-corrected chi connectivity index (χ0v) is 24.1. The van der Waals surface area contributed by atoms with Gasteiger partial charge in [0.1, 0.15) is 5.82 Å². The SMILES string of the molecule is COc1cccc(-c2c(C)c(Cc3c(F)cccc3C(F)(F)F)c3n(c2=O)C(CN2CC[C@@H](N(C)C)C2)CS3)c1F. The molecular weight excluding hydrogens is 561 g/mol. The standard InChI is InChI=1S/C30H32F5N3O2S/c1-17-21(13-22-23(30(33,34)35)8-6-9-24(22)31)29-38(19(16-41-29)15-37-12-11-18(14-37)36(2)3)28(39)26(17)20-7-5-10-25(40-4)27(20)32/h5-10,18-19H,11-16H2,1-4H3/t18-,19?/m1/s1. The maximum Gasteiger partial charge on any atom is 0.416 e. The van der Waals surface area contributed by atoms with Crippen molar-refractivity contribution in [1.29, 1.82) is 0 Å². The molecule has 0 radical (unpaired) electrons. The zero-order valence-electron chi connectivity index (χ0n) is 23.3. The molecule has 0 aliphatic carbocycles. The average molecular weight is 594 g/mol. The van der Waals surface area contributed by atoms with Crippen LogP contribution in [0.1, 0.15) is 34.7 Å². The van der Waals surface area contributed by atoms with Crippen molar-refractivity contribution in [2.45, 2.75) is 43.1 Å². The molecule has 2 aromatic carbocycles. The van der Waals surface area contributed by atoms with Gasteiger partial charge in [0, 0.05) is 42.4 Å². The summed E-state index contributed by atoms with van der Waals surface area (Å²) in [6, 6.07) is 7.45. The number of ether oxygens (including phenoxy) is 1. The molecule has 11 heteroatoms. The van der Waals surface area contributed by atoms with Crippen LogP contribution in [0.25, 0.3) is 11.1 Å². The third kappa shape index (κ3) is 5.51. The van der Waals surface area contributed by atoms with Crippen LogP contribution in [0.3, 0.4) is 0 Å². The fourth-order valence-corrected chi connectivity index (χ4v) is 7.34. The second-order valence-electron chi connectivity index (χ2n) is 10.9. The minimum absolute atomic E-state index is 0.00234. The highest BCUT2D eigenvalue weighted by atomic mass is 32.2. The molecule has 220 valence electrons. The highest BCUT2D eigenvalue weighted by Gasteiger charge is 2.37. The first-order valence-electron chi connectivity index (χ1n) is 13.4. The first-order chi connectivity index (χ1) is 19.4. The lowest BCUT2D eigenvalue weighted by atomic mass is 9.92. The first kappa shape index (κ1) is 29.6. The van der Waals surface area contributed by atoms with Crippen molar-refractivity contribution in [3.05, 3.63) is 80.6 Å². The summed E-state index contributed by atoms with van der Waals surface area (Å²) in [6.07, 6.45) is -4.18. The molecule has 2 aliphatic heterocycles. The van der Waals surface area contributed by atoms with E-state index in [2.05, 4.69) is 9.80 Å². The van der Waals surface area contributed by atoms with Gasteiger partial charge in [-0.1, -0.05) is 18.2 Å². The second kappa shape index (κ2) is 11.4. The van der Waals surface area contributed by atoms with Crippen LogP contribution in [0.15, 0.2) is 46.2 Å². The maximum absolute atomic E-state index is 15.6. The highest BCUT2D eigenvalue weighted by Crippen LogP contribution is 2.42. The zero-order chi connectivity index (χ0) is 29.6. The molecule has 0 amide bonds. The van der Waals surface area contributed by atoms with Crippen molar-refractivity contribution >= 4 is 11.8 Å². The van der Waals surface area contributed by atoms with Gasteiger partial charge in [0.2, 0.25) is 0 Å². The molecule has 1 fully saturated rings. The topological polar surface area (TPSA) is 37.7 Å². The van der Waals surface area contributed by atoms with Gasteiger partial charge >= 0.3 is 6.18 Å². The van der Waals surface area contributed by atoms with Gasteiger partial charge in [-0.3, -0.25) is 14.3 Å². The van der Waals surface area contributed by atoms with Crippen LogP contribution in [0, 0.1) is 18.6 Å². The number of thioether (sulfide) groups is 1. The predicted molar refractivity (Wildman–Crippen MR) is 150 cm³/mol. The Kier molecular flexibility index (Phi) is 8.24. The molecule has 0 bridgehead atoms. The van der Waals surface area contributed by atoms with Crippen LogP contribution in [0.5, 0.6) is 5.75 Å². The molecule has 2 aliphatic rings. The number of hydrogen-bond acceptors (Lipinski definition) is 5. The summed E-state index contributed by atoms with van der Waals surface area (Å²) in [4.78, 5) is 18.6. The molecule has 0 spiro atoms. The van der Waals surface area contributed by atoms with Crippen molar-refractivity contribution in [1.82, 2.24) is 14.4 Å². The van der Waals surface area contributed by atoms with Gasteiger partial charge in [0.25, 0.3) is 5.56 Å². The molecule has 3 heterocycles. The molecule has 41 heavy (non-hydrogen) atoms. The lowest BCUT2D eigenvalue weighted by Crippen LogP contribution is -2.37. The Morgan fingerprint density at radius 1 is 1.10 bits per heavy atom. The van der Waals surface area contributed by atoms with Crippen LogP contribution in [0.2, 0.25) is 0 Å². The summed E-state index contributed by atoms with van der Waals surface area (Å²) < 4.78 is 79.1. The van der Waals surface area contributed by atoms with Crippen molar-refractivity contribution < 1.29 is 26.7 Å². The van der Waals surface area contributed by atoms with E-state index in [1.165, 1.54) is 31.0 Å². The quantitative estimate of drug-likeness (QED) is 0.314. The van der Waals surface area contributed by atoms with Crippen LogP contribution in [-0.4, -0.2) is 67.0 Å². The van der Waals surface area contributed by atoms with E-state index in [0.29, 0.717) is 34.5 Å². The normalized spacial score (nSPS) is 19.3. The Balaban J connectivity index is 1.68. The number of methoxy groups -OCH3 is 1. The van der Waals surface area contributed by atoms with Gasteiger partial charge in [0.15, 0.2) is 11.6 Å². The number of pyridine rings is 1. The molecule has 5 nitrogen and oxygen atoms in total. The van der Waals surface area contributed by atoms with Crippen molar-refractivity contribution in [2.75, 3.05) is 46.6 Å². The number of likely N-dealkylation sites (tertiary alicyclic amines) is 1. The third-order valence-electron chi connectivity index (χ3n) is 8.19. The van der Waals surface area contributed by atoms with Crippen LogP contribution < -0.4 is 10.3 Å². The van der Waals surface area contributed by atoms with Crippen molar-refractivity contribution in [2.24, 2.45) is 0 Å². The van der Waals surface area contributed by atoms with E-state index in [1.54, 1.807) is 17.6 Å². The monoisotopic (exact) mass is 593 g/mol. The smallest absolute Gasteiger partial charge is 0.416 e. The average Bonchev–Trinajstić information content (AvgIpc) is 3.56. The molecule has 1 unspecified atom stereocenters. The van der Waals surface area contributed by atoms with E-state index in [0.717, 1.165) is 37.7 Å². The van der Waals surface area contributed by atoms with Crippen LogP contribution >= 0.6 is 11.8 Å². The van der Waals surface area contributed by atoms with Gasteiger partial charge in [-0.25, -0.2) is 8.78 Å². The maximum atomic E-state index is 15.6. The molecule has 1 aromatic heterocycles. The number of halogens is 5. The fourth-order valence-electron chi connectivity index (χ4n) is 5.97. The van der Waals surface area contributed by atoms with E-state index in [4.69, 9.17) is 4.74 Å². The Morgan fingerprint density at radius 2 is 1.83 bits per heavy atom.